The highest BCUT2D eigenvalue weighted by Crippen LogP contribution is 2.32. The molecule has 0 radical (unpaired) electrons. The van der Waals surface area contributed by atoms with Crippen molar-refractivity contribution < 1.29 is 9.21 Å². The third kappa shape index (κ3) is 3.40. The smallest absolute Gasteiger partial charge is 0.260 e. The molecule has 2 heterocycles. The van der Waals surface area contributed by atoms with E-state index >= 15 is 0 Å². The van der Waals surface area contributed by atoms with Crippen molar-refractivity contribution in [3.8, 4) is 6.07 Å². The number of amides is 1. The zero-order valence-electron chi connectivity index (χ0n) is 15.3. The summed E-state index contributed by atoms with van der Waals surface area (Å²) in [6.45, 7) is 2.38. The van der Waals surface area contributed by atoms with E-state index in [1.165, 1.54) is 11.3 Å². The van der Waals surface area contributed by atoms with E-state index in [2.05, 4.69) is 19.1 Å². The number of para-hydroxylation sites is 1. The molecule has 1 amide bonds. The number of fused-ring (bicyclic) bond motifs is 1. The number of hydrogen-bond acceptors (Lipinski definition) is 5. The van der Waals surface area contributed by atoms with Gasteiger partial charge in [-0.15, -0.1) is 0 Å². The van der Waals surface area contributed by atoms with E-state index in [4.69, 9.17) is 14.7 Å². The number of hydrogen-bond donors (Lipinski definition) is 0. The van der Waals surface area contributed by atoms with Crippen LogP contribution in [0.15, 0.2) is 65.3 Å². The molecule has 4 rings (SSSR count). The molecule has 2 aromatic carbocycles. The first-order valence-corrected chi connectivity index (χ1v) is 9.74. The monoisotopic (exact) mass is 387 g/mol. The summed E-state index contributed by atoms with van der Waals surface area (Å²) in [4.78, 5) is 19.7. The first kappa shape index (κ1) is 18.0. The van der Waals surface area contributed by atoms with Crippen LogP contribution in [-0.2, 0) is 13.0 Å². The fraction of sp³-hybridized carbons (Fsp3) is 0.136. The van der Waals surface area contributed by atoms with Crippen LogP contribution < -0.4 is 4.90 Å². The van der Waals surface area contributed by atoms with Crippen LogP contribution in [0.3, 0.4) is 0 Å². The molecule has 4 aromatic rings. The number of benzene rings is 2. The third-order valence-corrected chi connectivity index (χ3v) is 5.55. The van der Waals surface area contributed by atoms with E-state index in [0.29, 0.717) is 22.0 Å². The Morgan fingerprint density at radius 1 is 1.18 bits per heavy atom. The maximum atomic E-state index is 13.3. The van der Waals surface area contributed by atoms with Gasteiger partial charge < -0.3 is 4.42 Å². The highest BCUT2D eigenvalue weighted by atomic mass is 32.1. The van der Waals surface area contributed by atoms with Crippen molar-refractivity contribution in [3.05, 3.63) is 83.3 Å². The maximum Gasteiger partial charge on any atom is 0.260 e. The van der Waals surface area contributed by atoms with Gasteiger partial charge in [0.25, 0.3) is 5.91 Å². The van der Waals surface area contributed by atoms with Crippen LogP contribution in [-0.4, -0.2) is 10.9 Å². The molecular weight excluding hydrogens is 370 g/mol. The number of rotatable bonds is 5. The minimum atomic E-state index is -0.182. The molecule has 0 spiro atoms. The molecule has 0 atom stereocenters. The predicted octanol–water partition coefficient (Wildman–Crippen LogP) is 5.17. The predicted molar refractivity (Wildman–Crippen MR) is 109 cm³/mol. The molecule has 2 aromatic heterocycles. The minimum Gasteiger partial charge on any atom is -0.467 e. The molecule has 0 aliphatic heterocycles. The lowest BCUT2D eigenvalue weighted by atomic mass is 10.1. The molecule has 0 saturated heterocycles. The lowest BCUT2D eigenvalue weighted by Crippen LogP contribution is -2.30. The molecule has 6 heteroatoms. The van der Waals surface area contributed by atoms with E-state index in [-0.39, 0.29) is 12.5 Å². The van der Waals surface area contributed by atoms with Crippen LogP contribution in [0, 0.1) is 11.3 Å². The maximum absolute atomic E-state index is 13.3. The number of thiazole rings is 1. The topological polar surface area (TPSA) is 70.1 Å². The van der Waals surface area contributed by atoms with Gasteiger partial charge in [-0.2, -0.15) is 5.26 Å². The van der Waals surface area contributed by atoms with Crippen molar-refractivity contribution in [3.63, 3.8) is 0 Å². The number of nitrogens with zero attached hydrogens (tertiary/aromatic N) is 3. The van der Waals surface area contributed by atoms with Gasteiger partial charge in [0.1, 0.15) is 5.76 Å². The Bertz CT molecular complexity index is 1150. The Labute approximate surface area is 166 Å². The van der Waals surface area contributed by atoms with E-state index in [1.54, 1.807) is 41.5 Å². The van der Waals surface area contributed by atoms with Crippen molar-refractivity contribution in [2.24, 2.45) is 0 Å². The van der Waals surface area contributed by atoms with Crippen molar-refractivity contribution in [1.29, 1.82) is 5.26 Å². The van der Waals surface area contributed by atoms with Crippen LogP contribution in [0.5, 0.6) is 0 Å². The summed E-state index contributed by atoms with van der Waals surface area (Å²) in [6, 6.07) is 18.4. The van der Waals surface area contributed by atoms with E-state index in [1.807, 2.05) is 18.2 Å². The van der Waals surface area contributed by atoms with Crippen molar-refractivity contribution >= 4 is 32.6 Å². The highest BCUT2D eigenvalue weighted by molar-refractivity contribution is 7.22. The SMILES string of the molecule is CCc1cccc2sc(N(Cc3ccco3)C(=O)c3ccc(C#N)cc3)nc12. The molecule has 0 unspecified atom stereocenters. The van der Waals surface area contributed by atoms with Gasteiger partial charge in [0.2, 0.25) is 0 Å². The van der Waals surface area contributed by atoms with Gasteiger partial charge in [0.05, 0.1) is 34.7 Å². The van der Waals surface area contributed by atoms with Crippen molar-refractivity contribution in [1.82, 2.24) is 4.98 Å². The van der Waals surface area contributed by atoms with E-state index in [0.717, 1.165) is 22.2 Å². The van der Waals surface area contributed by atoms with Crippen LogP contribution in [0.2, 0.25) is 0 Å². The van der Waals surface area contributed by atoms with Gasteiger partial charge in [-0.05, 0) is 54.4 Å². The van der Waals surface area contributed by atoms with Gasteiger partial charge in [-0.3, -0.25) is 9.69 Å². The Morgan fingerprint density at radius 3 is 2.68 bits per heavy atom. The van der Waals surface area contributed by atoms with E-state index < -0.39 is 0 Å². The Hall–Kier alpha value is -3.43. The summed E-state index contributed by atoms with van der Waals surface area (Å²) in [6.07, 6.45) is 2.47. The minimum absolute atomic E-state index is 0.182. The standard InChI is InChI=1S/C22H17N3O2S/c1-2-16-5-3-7-19-20(16)24-22(28-19)25(14-18-6-4-12-27-18)21(26)17-10-8-15(13-23)9-11-17/h3-12H,2,14H2,1H3. The fourth-order valence-electron chi connectivity index (χ4n) is 3.02. The number of carbonyl (C=O) groups is 1. The number of nitriles is 1. The van der Waals surface area contributed by atoms with Gasteiger partial charge >= 0.3 is 0 Å². The molecule has 0 aliphatic carbocycles. The quantitative estimate of drug-likeness (QED) is 0.474. The Kier molecular flexibility index (Phi) is 4.92. The molecule has 0 aliphatic rings. The van der Waals surface area contributed by atoms with Crippen LogP contribution >= 0.6 is 11.3 Å². The second-order valence-electron chi connectivity index (χ2n) is 6.27. The third-order valence-electron chi connectivity index (χ3n) is 4.50. The average molecular weight is 387 g/mol. The number of aromatic nitrogens is 1. The zero-order chi connectivity index (χ0) is 19.5. The zero-order valence-corrected chi connectivity index (χ0v) is 16.1. The highest BCUT2D eigenvalue weighted by Gasteiger charge is 2.23. The summed E-state index contributed by atoms with van der Waals surface area (Å²) >= 11 is 1.49. The van der Waals surface area contributed by atoms with Crippen LogP contribution in [0.1, 0.15) is 34.2 Å². The molecule has 28 heavy (non-hydrogen) atoms. The first-order chi connectivity index (χ1) is 13.7. The number of furan rings is 1. The first-order valence-electron chi connectivity index (χ1n) is 8.92. The molecule has 0 fully saturated rings. The van der Waals surface area contributed by atoms with E-state index in [9.17, 15) is 4.79 Å². The second kappa shape index (κ2) is 7.67. The summed E-state index contributed by atoms with van der Waals surface area (Å²) in [5.74, 6) is 0.495. The molecular formula is C22H17N3O2S. The number of anilines is 1. The normalized spacial score (nSPS) is 10.7. The molecule has 5 nitrogen and oxygen atoms in total. The summed E-state index contributed by atoms with van der Waals surface area (Å²) in [5, 5.41) is 9.62. The Morgan fingerprint density at radius 2 is 2.00 bits per heavy atom. The molecule has 138 valence electrons. The van der Waals surface area contributed by atoms with Crippen LogP contribution in [0.4, 0.5) is 5.13 Å². The summed E-state index contributed by atoms with van der Waals surface area (Å²) in [7, 11) is 0. The molecule has 0 bridgehead atoms. The number of aryl methyl sites for hydroxylation is 1. The Balaban J connectivity index is 1.77. The average Bonchev–Trinajstić information content (AvgIpc) is 3.40. The van der Waals surface area contributed by atoms with Crippen LogP contribution in [0.25, 0.3) is 10.2 Å². The van der Waals surface area contributed by atoms with Gasteiger partial charge in [0.15, 0.2) is 5.13 Å². The lowest BCUT2D eigenvalue weighted by molar-refractivity contribution is 0.0983. The summed E-state index contributed by atoms with van der Waals surface area (Å²) in [5.41, 5.74) is 3.10. The van der Waals surface area contributed by atoms with Crippen molar-refractivity contribution in [2.75, 3.05) is 4.90 Å². The second-order valence-corrected chi connectivity index (χ2v) is 7.28. The molecule has 0 N–H and O–H groups in total. The largest absolute Gasteiger partial charge is 0.467 e. The summed E-state index contributed by atoms with van der Waals surface area (Å²) < 4.78 is 6.51. The van der Waals surface area contributed by atoms with Crippen molar-refractivity contribution in [2.45, 2.75) is 19.9 Å². The number of carbonyl (C=O) groups excluding carboxylic acids is 1. The fourth-order valence-corrected chi connectivity index (χ4v) is 4.03. The molecule has 0 saturated carbocycles. The van der Waals surface area contributed by atoms with Gasteiger partial charge in [-0.25, -0.2) is 4.98 Å². The van der Waals surface area contributed by atoms with Gasteiger partial charge in [0, 0.05) is 5.56 Å². The lowest BCUT2D eigenvalue weighted by Gasteiger charge is -2.18. The van der Waals surface area contributed by atoms with Gasteiger partial charge in [-0.1, -0.05) is 30.4 Å².